The van der Waals surface area contributed by atoms with Crippen LogP contribution in [-0.4, -0.2) is 76.3 Å². The molecule has 3 aliphatic carbocycles. The normalized spacial score (nSPS) is 37.4. The third-order valence-electron chi connectivity index (χ3n) is 8.23. The molecule has 0 amide bonds. The zero-order chi connectivity index (χ0) is 23.4. The minimum atomic E-state index is -3.81. The van der Waals surface area contributed by atoms with Gasteiger partial charge in [0, 0.05) is 18.2 Å². The lowest BCUT2D eigenvalue weighted by Gasteiger charge is -2.64. The van der Waals surface area contributed by atoms with Gasteiger partial charge < -0.3 is 14.0 Å². The molecule has 1 spiro atoms. The maximum absolute atomic E-state index is 12.4. The molecule has 1 aromatic rings. The smallest absolute Gasteiger partial charge is 0.306 e. The topological polar surface area (TPSA) is 119 Å². The minimum absolute atomic E-state index is 0.0688. The van der Waals surface area contributed by atoms with Crippen molar-refractivity contribution in [1.29, 1.82) is 0 Å². The van der Waals surface area contributed by atoms with Crippen LogP contribution in [0.3, 0.4) is 0 Å². The number of rotatable bonds is 6. The molecular formula is C22H29NO8S2. The number of nitrogens with zero attached hydrogens (tertiary/aromatic N) is 1. The largest absolute Gasteiger partial charge is 0.482 e. The fourth-order valence-electron chi connectivity index (χ4n) is 6.98. The molecule has 5 atom stereocenters. The van der Waals surface area contributed by atoms with E-state index in [9.17, 15) is 21.9 Å². The Morgan fingerprint density at radius 3 is 2.55 bits per heavy atom. The van der Waals surface area contributed by atoms with Crippen LogP contribution in [0.4, 0.5) is 0 Å². The van der Waals surface area contributed by atoms with Crippen LogP contribution in [0.5, 0.6) is 11.5 Å². The zero-order valence-electron chi connectivity index (χ0n) is 18.7. The fourth-order valence-corrected chi connectivity index (χ4v) is 8.08. The van der Waals surface area contributed by atoms with Crippen LogP contribution in [0.1, 0.15) is 43.2 Å². The Bertz CT molecular complexity index is 1230. The van der Waals surface area contributed by atoms with E-state index in [2.05, 4.69) is 4.90 Å². The quantitative estimate of drug-likeness (QED) is 0.570. The second kappa shape index (κ2) is 6.84. The first-order valence-corrected chi connectivity index (χ1v) is 15.1. The van der Waals surface area contributed by atoms with Crippen molar-refractivity contribution < 1.29 is 35.0 Å². The maximum Gasteiger partial charge on any atom is 0.306 e. The summed E-state index contributed by atoms with van der Waals surface area (Å²) in [6, 6.07) is 3.35. The lowest BCUT2D eigenvalue weighted by atomic mass is 9.48. The van der Waals surface area contributed by atoms with E-state index in [4.69, 9.17) is 13.1 Å². The van der Waals surface area contributed by atoms with Gasteiger partial charge in [-0.15, -0.1) is 0 Å². The average molecular weight is 500 g/mol. The summed E-state index contributed by atoms with van der Waals surface area (Å²) in [7, 11) is -7.58. The molecule has 0 radical (unpaired) electrons. The molecule has 3 fully saturated rings. The van der Waals surface area contributed by atoms with Crippen LogP contribution in [-0.2, 0) is 36.3 Å². The standard InChI is InChI=1S/C22H29NO8S2/c1-32(25,26)30-15-6-5-14-11-17-22(24)8-7-16(31-33(2,27)28)20-21(22,18(14)19(15)29-20)9-10-23(17)12-13-3-4-13/h5-6,13,16-17,20,24H,3-4,7-12H2,1-2H3/t16-,17-,20+,21+,22-/m1/s1. The summed E-state index contributed by atoms with van der Waals surface area (Å²) in [5, 5.41) is 12.4. The van der Waals surface area contributed by atoms with Gasteiger partial charge >= 0.3 is 10.1 Å². The fraction of sp³-hybridized carbons (Fsp3) is 0.727. The molecule has 2 saturated carbocycles. The van der Waals surface area contributed by atoms with Gasteiger partial charge in [0.25, 0.3) is 10.1 Å². The highest BCUT2D eigenvalue weighted by atomic mass is 32.2. The molecule has 2 aliphatic heterocycles. The molecule has 33 heavy (non-hydrogen) atoms. The first kappa shape index (κ1) is 22.1. The predicted molar refractivity (Wildman–Crippen MR) is 118 cm³/mol. The molecule has 1 aromatic carbocycles. The first-order chi connectivity index (χ1) is 15.4. The maximum atomic E-state index is 12.4. The van der Waals surface area contributed by atoms with Gasteiger partial charge in [0.15, 0.2) is 11.5 Å². The van der Waals surface area contributed by atoms with Crippen molar-refractivity contribution in [3.63, 3.8) is 0 Å². The van der Waals surface area contributed by atoms with Crippen LogP contribution < -0.4 is 8.92 Å². The molecule has 9 nitrogen and oxygen atoms in total. The number of likely N-dealkylation sites (tertiary alicyclic amines) is 1. The molecule has 182 valence electrons. The first-order valence-electron chi connectivity index (χ1n) is 11.5. The summed E-state index contributed by atoms with van der Waals surface area (Å²) in [6.45, 7) is 1.71. The Kier molecular flexibility index (Phi) is 4.58. The summed E-state index contributed by atoms with van der Waals surface area (Å²) in [5.41, 5.74) is -0.265. The van der Waals surface area contributed by atoms with Crippen molar-refractivity contribution in [1.82, 2.24) is 4.90 Å². The number of piperidine rings is 1. The number of hydrogen-bond donors (Lipinski definition) is 1. The van der Waals surface area contributed by atoms with Crippen molar-refractivity contribution >= 4 is 20.2 Å². The van der Waals surface area contributed by atoms with Gasteiger partial charge in [-0.05, 0) is 62.6 Å². The van der Waals surface area contributed by atoms with Crippen molar-refractivity contribution in [3.05, 3.63) is 23.3 Å². The molecule has 6 rings (SSSR count). The molecule has 5 aliphatic rings. The summed E-state index contributed by atoms with van der Waals surface area (Å²) >= 11 is 0. The Hall–Kier alpha value is -1.40. The van der Waals surface area contributed by atoms with Crippen LogP contribution in [0, 0.1) is 5.92 Å². The van der Waals surface area contributed by atoms with Gasteiger partial charge in [-0.25, -0.2) is 0 Å². The molecule has 1 N–H and O–H groups in total. The van der Waals surface area contributed by atoms with Gasteiger partial charge in [-0.1, -0.05) is 6.07 Å². The number of aliphatic hydroxyl groups is 1. The van der Waals surface area contributed by atoms with E-state index in [1.165, 1.54) is 12.8 Å². The highest BCUT2D eigenvalue weighted by Crippen LogP contribution is 2.66. The van der Waals surface area contributed by atoms with Crippen LogP contribution in [0.2, 0.25) is 0 Å². The SMILES string of the molecule is CS(=O)(=O)Oc1ccc2c3c1O[C@H]1[C@H](OS(C)(=O)=O)CC[C@@]4(O)[C@@H](C2)N(CC2CC2)CC[C@]314. The molecule has 0 unspecified atom stereocenters. The molecule has 0 aromatic heterocycles. The van der Waals surface area contributed by atoms with E-state index in [0.29, 0.717) is 37.4 Å². The van der Waals surface area contributed by atoms with E-state index in [0.717, 1.165) is 36.7 Å². The van der Waals surface area contributed by atoms with Crippen LogP contribution in [0.25, 0.3) is 0 Å². The Morgan fingerprint density at radius 1 is 1.12 bits per heavy atom. The predicted octanol–water partition coefficient (Wildman–Crippen LogP) is 0.934. The monoisotopic (exact) mass is 499 g/mol. The van der Waals surface area contributed by atoms with Crippen molar-refractivity contribution in [2.75, 3.05) is 25.6 Å². The van der Waals surface area contributed by atoms with E-state index < -0.39 is 43.5 Å². The van der Waals surface area contributed by atoms with Crippen molar-refractivity contribution in [2.45, 2.75) is 67.8 Å². The van der Waals surface area contributed by atoms with Crippen LogP contribution >= 0.6 is 0 Å². The third kappa shape index (κ3) is 3.26. The minimum Gasteiger partial charge on any atom is -0.482 e. The van der Waals surface area contributed by atoms with Gasteiger partial charge in [0.1, 0.15) is 12.2 Å². The van der Waals surface area contributed by atoms with Crippen molar-refractivity contribution in [2.24, 2.45) is 5.92 Å². The molecule has 11 heteroatoms. The lowest BCUT2D eigenvalue weighted by Crippen LogP contribution is -2.77. The second-order valence-corrected chi connectivity index (χ2v) is 13.6. The third-order valence-corrected chi connectivity index (χ3v) is 9.31. The Labute approximate surface area is 194 Å². The highest BCUT2D eigenvalue weighted by molar-refractivity contribution is 7.86. The van der Waals surface area contributed by atoms with E-state index >= 15 is 0 Å². The summed E-state index contributed by atoms with van der Waals surface area (Å²) in [5.74, 6) is 1.03. The summed E-state index contributed by atoms with van der Waals surface area (Å²) in [6.07, 6.45) is 4.80. The van der Waals surface area contributed by atoms with E-state index in [-0.39, 0.29) is 11.8 Å². The number of hydrogen-bond acceptors (Lipinski definition) is 9. The lowest BCUT2D eigenvalue weighted by molar-refractivity contribution is -0.204. The number of ether oxygens (including phenoxy) is 1. The molecule has 2 heterocycles. The van der Waals surface area contributed by atoms with E-state index in [1.54, 1.807) is 6.07 Å². The second-order valence-electron chi connectivity index (χ2n) is 10.4. The summed E-state index contributed by atoms with van der Waals surface area (Å²) < 4.78 is 65.0. The highest BCUT2D eigenvalue weighted by Gasteiger charge is 2.73. The van der Waals surface area contributed by atoms with Gasteiger partial charge in [0.05, 0.1) is 23.5 Å². The molecule has 1 saturated heterocycles. The zero-order valence-corrected chi connectivity index (χ0v) is 20.3. The molecular weight excluding hydrogens is 470 g/mol. The Morgan fingerprint density at radius 2 is 1.88 bits per heavy atom. The van der Waals surface area contributed by atoms with Gasteiger partial charge in [-0.3, -0.25) is 9.08 Å². The number of benzene rings is 1. The Balaban J connectivity index is 1.52. The average Bonchev–Trinajstić information content (AvgIpc) is 3.42. The van der Waals surface area contributed by atoms with Gasteiger partial charge in [0.2, 0.25) is 0 Å². The van der Waals surface area contributed by atoms with E-state index in [1.807, 2.05) is 6.07 Å². The molecule has 2 bridgehead atoms. The summed E-state index contributed by atoms with van der Waals surface area (Å²) in [4.78, 5) is 2.40. The van der Waals surface area contributed by atoms with Crippen LogP contribution in [0.15, 0.2) is 12.1 Å². The van der Waals surface area contributed by atoms with Gasteiger partial charge in [-0.2, -0.15) is 16.8 Å². The van der Waals surface area contributed by atoms with Crippen molar-refractivity contribution in [3.8, 4) is 11.5 Å².